The maximum atomic E-state index is 12.1. The van der Waals surface area contributed by atoms with Crippen LogP contribution in [0.3, 0.4) is 0 Å². The number of nitrogens with one attached hydrogen (secondary N) is 1. The van der Waals surface area contributed by atoms with E-state index in [-0.39, 0.29) is 23.8 Å². The minimum Gasteiger partial charge on any atom is -0.369 e. The Labute approximate surface area is 163 Å². The van der Waals surface area contributed by atoms with Gasteiger partial charge >= 0.3 is 6.03 Å². The van der Waals surface area contributed by atoms with Gasteiger partial charge in [-0.2, -0.15) is 0 Å². The molecule has 0 aliphatic heterocycles. The molecular weight excluding hydrogens is 338 g/mol. The topological polar surface area (TPSA) is 84.6 Å². The number of rotatable bonds is 13. The zero-order valence-corrected chi connectivity index (χ0v) is 16.8. The average molecular weight is 374 g/mol. The lowest BCUT2D eigenvalue weighted by atomic mass is 9.83. The molecule has 0 heterocycles. The third-order valence-corrected chi connectivity index (χ3v) is 4.88. The first-order valence-corrected chi connectivity index (χ1v) is 10.2. The van der Waals surface area contributed by atoms with E-state index in [9.17, 15) is 9.59 Å². The van der Waals surface area contributed by atoms with Crippen LogP contribution in [0.15, 0.2) is 35.3 Å². The summed E-state index contributed by atoms with van der Waals surface area (Å²) in [4.78, 5) is 28.0. The summed E-state index contributed by atoms with van der Waals surface area (Å²) in [6, 6.07) is 9.12. The third kappa shape index (κ3) is 9.92. The zero-order chi connectivity index (χ0) is 19.9. The molecule has 2 unspecified atom stereocenters. The Kier molecular flexibility index (Phi) is 11.8. The molecule has 0 spiro atoms. The summed E-state index contributed by atoms with van der Waals surface area (Å²) in [6.45, 7) is 4.74. The van der Waals surface area contributed by atoms with Gasteiger partial charge in [-0.1, -0.05) is 82.7 Å². The average Bonchev–Trinajstić information content (AvgIpc) is 2.67. The first kappa shape index (κ1) is 22.9. The standard InChI is InChI=1S/C22H35N3O2/c1-3-5-8-14-19(20(21(23)26)15-9-6-4-2)17-25-22(27)24-16-18-12-10-7-11-13-18/h7,10-13,16,19-20H,3-6,8-9,14-15,17H2,1-2H3,(H2,23,26)(H,25,27). The lowest BCUT2D eigenvalue weighted by Crippen LogP contribution is -2.37. The number of urea groups is 1. The number of carbonyl (C=O) groups is 2. The molecule has 150 valence electrons. The molecule has 2 atom stereocenters. The molecule has 5 nitrogen and oxygen atoms in total. The summed E-state index contributed by atoms with van der Waals surface area (Å²) in [6.07, 6.45) is 9.73. The molecule has 5 heteroatoms. The summed E-state index contributed by atoms with van der Waals surface area (Å²) in [7, 11) is 0. The number of nitrogens with two attached hydrogens (primary N) is 1. The van der Waals surface area contributed by atoms with Crippen molar-refractivity contribution < 1.29 is 9.59 Å². The second-order valence-electron chi connectivity index (χ2n) is 7.12. The number of hydrogen-bond donors (Lipinski definition) is 2. The lowest BCUT2D eigenvalue weighted by molar-refractivity contribution is -0.123. The van der Waals surface area contributed by atoms with Gasteiger partial charge in [0.1, 0.15) is 0 Å². The van der Waals surface area contributed by atoms with Gasteiger partial charge in [0.2, 0.25) is 5.91 Å². The molecular formula is C22H35N3O2. The highest BCUT2D eigenvalue weighted by molar-refractivity contribution is 5.91. The van der Waals surface area contributed by atoms with Crippen LogP contribution >= 0.6 is 0 Å². The Morgan fingerprint density at radius 1 is 1.04 bits per heavy atom. The molecule has 27 heavy (non-hydrogen) atoms. The zero-order valence-electron chi connectivity index (χ0n) is 16.8. The van der Waals surface area contributed by atoms with E-state index < -0.39 is 0 Å². The van der Waals surface area contributed by atoms with Crippen molar-refractivity contribution in [3.63, 3.8) is 0 Å². The highest BCUT2D eigenvalue weighted by Gasteiger charge is 2.26. The maximum absolute atomic E-state index is 12.1. The van der Waals surface area contributed by atoms with E-state index in [4.69, 9.17) is 5.73 Å². The largest absolute Gasteiger partial charge is 0.369 e. The SMILES string of the molecule is CCCCCC(CNC(=O)N=Cc1ccccc1)C(CCCCC)C(N)=O. The summed E-state index contributed by atoms with van der Waals surface area (Å²) in [5.74, 6) is -0.372. The number of benzene rings is 1. The smallest absolute Gasteiger partial charge is 0.340 e. The van der Waals surface area contributed by atoms with Crippen molar-refractivity contribution in [1.29, 1.82) is 0 Å². The molecule has 3 N–H and O–H groups in total. The van der Waals surface area contributed by atoms with E-state index in [0.29, 0.717) is 6.54 Å². The van der Waals surface area contributed by atoms with Crippen LogP contribution in [0.4, 0.5) is 4.79 Å². The van der Waals surface area contributed by atoms with Crippen molar-refractivity contribution in [3.8, 4) is 0 Å². The van der Waals surface area contributed by atoms with Gasteiger partial charge in [-0.25, -0.2) is 9.79 Å². The molecule has 0 fully saturated rings. The predicted octanol–water partition coefficient (Wildman–Crippen LogP) is 4.69. The molecule has 0 saturated carbocycles. The third-order valence-electron chi connectivity index (χ3n) is 4.88. The predicted molar refractivity (Wildman–Crippen MR) is 112 cm³/mol. The molecule has 0 radical (unpaired) electrons. The van der Waals surface area contributed by atoms with E-state index in [1.165, 1.54) is 0 Å². The first-order valence-electron chi connectivity index (χ1n) is 10.2. The summed E-state index contributed by atoms with van der Waals surface area (Å²) >= 11 is 0. The first-order chi connectivity index (χ1) is 13.1. The number of amides is 3. The molecule has 0 aliphatic rings. The van der Waals surface area contributed by atoms with Crippen molar-refractivity contribution in [2.75, 3.05) is 6.54 Å². The molecule has 0 bridgehead atoms. The minimum atomic E-state index is -0.379. The van der Waals surface area contributed by atoms with E-state index in [1.807, 2.05) is 30.3 Å². The van der Waals surface area contributed by atoms with Gasteiger partial charge in [0, 0.05) is 18.7 Å². The van der Waals surface area contributed by atoms with Crippen molar-refractivity contribution in [3.05, 3.63) is 35.9 Å². The van der Waals surface area contributed by atoms with E-state index >= 15 is 0 Å². The Morgan fingerprint density at radius 3 is 2.26 bits per heavy atom. The fourth-order valence-electron chi connectivity index (χ4n) is 3.26. The molecule has 3 amide bonds. The monoisotopic (exact) mass is 373 g/mol. The minimum absolute atomic E-state index is 0.0711. The number of hydrogen-bond acceptors (Lipinski definition) is 2. The number of primary amides is 1. The Balaban J connectivity index is 2.64. The van der Waals surface area contributed by atoms with E-state index in [1.54, 1.807) is 6.21 Å². The highest BCUT2D eigenvalue weighted by Crippen LogP contribution is 2.24. The summed E-state index contributed by atoms with van der Waals surface area (Å²) < 4.78 is 0. The van der Waals surface area contributed by atoms with Crippen LogP contribution in [0.1, 0.15) is 70.8 Å². The second-order valence-corrected chi connectivity index (χ2v) is 7.12. The summed E-state index contributed by atoms with van der Waals surface area (Å²) in [5, 5.41) is 2.86. The van der Waals surface area contributed by atoms with Gasteiger partial charge in [0.15, 0.2) is 0 Å². The Hall–Kier alpha value is -2.17. The van der Waals surface area contributed by atoms with Crippen LogP contribution in [0.2, 0.25) is 0 Å². The molecule has 0 saturated heterocycles. The van der Waals surface area contributed by atoms with Crippen LogP contribution in [-0.2, 0) is 4.79 Å². The van der Waals surface area contributed by atoms with Crippen LogP contribution in [-0.4, -0.2) is 24.7 Å². The van der Waals surface area contributed by atoms with Gasteiger partial charge in [0.25, 0.3) is 0 Å². The van der Waals surface area contributed by atoms with Crippen LogP contribution < -0.4 is 11.1 Å². The number of nitrogens with zero attached hydrogens (tertiary/aromatic N) is 1. The molecule has 0 aliphatic carbocycles. The van der Waals surface area contributed by atoms with Crippen molar-refractivity contribution in [1.82, 2.24) is 5.32 Å². The van der Waals surface area contributed by atoms with Crippen LogP contribution in [0.5, 0.6) is 0 Å². The normalized spacial score (nSPS) is 13.4. The van der Waals surface area contributed by atoms with Crippen molar-refractivity contribution >= 4 is 18.2 Å². The van der Waals surface area contributed by atoms with Gasteiger partial charge in [-0.3, -0.25) is 4.79 Å². The van der Waals surface area contributed by atoms with Crippen LogP contribution in [0, 0.1) is 11.8 Å². The lowest BCUT2D eigenvalue weighted by Gasteiger charge is -2.25. The number of aliphatic imine (C=N–C) groups is 1. The van der Waals surface area contributed by atoms with Crippen molar-refractivity contribution in [2.24, 2.45) is 22.6 Å². The van der Waals surface area contributed by atoms with Gasteiger partial charge < -0.3 is 11.1 Å². The highest BCUT2D eigenvalue weighted by atomic mass is 16.2. The van der Waals surface area contributed by atoms with Gasteiger partial charge in [0.05, 0.1) is 0 Å². The number of carbonyl (C=O) groups excluding carboxylic acids is 2. The quantitative estimate of drug-likeness (QED) is 0.388. The fraction of sp³-hybridized carbons (Fsp3) is 0.591. The molecule has 1 aromatic rings. The Bertz CT molecular complexity index is 572. The summed E-state index contributed by atoms with van der Waals surface area (Å²) in [5.41, 5.74) is 6.56. The Morgan fingerprint density at radius 2 is 1.67 bits per heavy atom. The van der Waals surface area contributed by atoms with Gasteiger partial charge in [-0.05, 0) is 24.3 Å². The number of unbranched alkanes of at least 4 members (excludes halogenated alkanes) is 4. The molecule has 1 aromatic carbocycles. The molecule has 0 aromatic heterocycles. The van der Waals surface area contributed by atoms with E-state index in [0.717, 1.165) is 56.9 Å². The van der Waals surface area contributed by atoms with Crippen molar-refractivity contribution in [2.45, 2.75) is 65.2 Å². The van der Waals surface area contributed by atoms with E-state index in [2.05, 4.69) is 24.2 Å². The second kappa shape index (κ2) is 14.0. The fourth-order valence-corrected chi connectivity index (χ4v) is 3.26. The van der Waals surface area contributed by atoms with Crippen LogP contribution in [0.25, 0.3) is 0 Å². The van der Waals surface area contributed by atoms with Gasteiger partial charge in [-0.15, -0.1) is 0 Å². The maximum Gasteiger partial charge on any atom is 0.340 e. The molecule has 1 rings (SSSR count).